The third kappa shape index (κ3) is 8.69. The summed E-state index contributed by atoms with van der Waals surface area (Å²) in [4.78, 5) is 29.2. The Bertz CT molecular complexity index is 1220. The number of thioether (sulfide) groups is 1. The highest BCUT2D eigenvalue weighted by Gasteiger charge is 2.32. The molecule has 4 rings (SSSR count). The van der Waals surface area contributed by atoms with Crippen molar-refractivity contribution in [3.8, 4) is 0 Å². The fraction of sp³-hybridized carbons (Fsp3) is 0.394. The minimum atomic E-state index is -0.733. The lowest BCUT2D eigenvalue weighted by molar-refractivity contribution is -0.139. The van der Waals surface area contributed by atoms with E-state index in [4.69, 9.17) is 0 Å². The molecule has 0 heterocycles. The van der Waals surface area contributed by atoms with E-state index >= 15 is 0 Å². The summed E-state index contributed by atoms with van der Waals surface area (Å²) in [6, 6.07) is 22.1. The molecule has 0 bridgehead atoms. The molecule has 1 aliphatic carbocycles. The van der Waals surface area contributed by atoms with Crippen LogP contribution in [-0.2, 0) is 28.3 Å². The van der Waals surface area contributed by atoms with Crippen molar-refractivity contribution in [3.05, 3.63) is 106 Å². The molecule has 3 aromatic rings. The van der Waals surface area contributed by atoms with Crippen LogP contribution < -0.4 is 5.32 Å². The number of carbonyl (C=O) groups is 2. The first-order valence-corrected chi connectivity index (χ1v) is 15.1. The van der Waals surface area contributed by atoms with E-state index in [9.17, 15) is 14.0 Å². The normalized spacial score (nSPS) is 14.5. The Balaban J connectivity index is 1.57. The highest BCUT2D eigenvalue weighted by molar-refractivity contribution is 7.99. The average molecular weight is 547 g/mol. The first-order valence-electron chi connectivity index (χ1n) is 13.9. The van der Waals surface area contributed by atoms with Gasteiger partial charge in [0.15, 0.2) is 0 Å². The third-order valence-corrected chi connectivity index (χ3v) is 8.29. The number of hydrogen-bond donors (Lipinski definition) is 1. The van der Waals surface area contributed by atoms with E-state index in [1.54, 1.807) is 23.1 Å². The lowest BCUT2D eigenvalue weighted by Gasteiger charge is -2.33. The van der Waals surface area contributed by atoms with Crippen LogP contribution in [0.5, 0.6) is 0 Å². The SMILES string of the molecule is Cc1cc(C)cc(CSCC(=O)N(Cc2ccccc2F)C(Cc2ccccc2)C(=O)NC2CCCCC2)c1. The van der Waals surface area contributed by atoms with Crippen LogP contribution in [0.3, 0.4) is 0 Å². The van der Waals surface area contributed by atoms with Crippen molar-refractivity contribution in [2.75, 3.05) is 5.75 Å². The molecule has 0 spiro atoms. The summed E-state index contributed by atoms with van der Waals surface area (Å²) in [6.45, 7) is 4.19. The standard InChI is InChI=1S/C33H39FN2O2S/c1-24-17-25(2)19-27(18-24)22-39-23-32(37)36(21-28-13-9-10-16-30(28)34)31(20-26-11-5-3-6-12-26)33(38)35-29-14-7-4-8-15-29/h3,5-6,9-13,16-19,29,31H,4,7-8,14-15,20-23H2,1-2H3,(H,35,38). The summed E-state index contributed by atoms with van der Waals surface area (Å²) in [7, 11) is 0. The molecule has 206 valence electrons. The van der Waals surface area contributed by atoms with E-state index < -0.39 is 6.04 Å². The van der Waals surface area contributed by atoms with Gasteiger partial charge >= 0.3 is 0 Å². The van der Waals surface area contributed by atoms with Crippen LogP contribution >= 0.6 is 11.8 Å². The van der Waals surface area contributed by atoms with Crippen molar-refractivity contribution < 1.29 is 14.0 Å². The molecule has 4 nitrogen and oxygen atoms in total. The molecule has 0 radical (unpaired) electrons. The van der Waals surface area contributed by atoms with Crippen molar-refractivity contribution in [3.63, 3.8) is 0 Å². The van der Waals surface area contributed by atoms with Gasteiger partial charge in [-0.25, -0.2) is 4.39 Å². The van der Waals surface area contributed by atoms with Gasteiger partial charge in [0.1, 0.15) is 11.9 Å². The number of aryl methyl sites for hydroxylation is 2. The number of amides is 2. The monoisotopic (exact) mass is 546 g/mol. The molecule has 1 N–H and O–H groups in total. The summed E-state index contributed by atoms with van der Waals surface area (Å²) in [5, 5.41) is 3.24. The molecule has 1 unspecified atom stereocenters. The number of hydrogen-bond acceptors (Lipinski definition) is 3. The molecule has 0 aliphatic heterocycles. The summed E-state index contributed by atoms with van der Waals surface area (Å²) >= 11 is 1.53. The summed E-state index contributed by atoms with van der Waals surface area (Å²) in [5.41, 5.74) is 4.94. The second-order valence-electron chi connectivity index (χ2n) is 10.7. The first kappa shape index (κ1) is 28.9. The molecule has 2 amide bonds. The molecule has 0 aromatic heterocycles. The van der Waals surface area contributed by atoms with Gasteiger partial charge in [0.2, 0.25) is 11.8 Å². The number of carbonyl (C=O) groups excluding carboxylic acids is 2. The molecular formula is C33H39FN2O2S. The van der Waals surface area contributed by atoms with E-state index in [-0.39, 0.29) is 36.0 Å². The van der Waals surface area contributed by atoms with Crippen LogP contribution in [-0.4, -0.2) is 34.6 Å². The fourth-order valence-electron chi connectivity index (χ4n) is 5.40. The smallest absolute Gasteiger partial charge is 0.243 e. The maximum Gasteiger partial charge on any atom is 0.243 e. The topological polar surface area (TPSA) is 49.4 Å². The van der Waals surface area contributed by atoms with E-state index in [0.29, 0.717) is 17.7 Å². The van der Waals surface area contributed by atoms with Crippen molar-refractivity contribution in [1.29, 1.82) is 0 Å². The zero-order valence-corrected chi connectivity index (χ0v) is 23.8. The fourth-order valence-corrected chi connectivity index (χ4v) is 6.24. The lowest BCUT2D eigenvalue weighted by Crippen LogP contribution is -2.53. The molecular weight excluding hydrogens is 507 g/mol. The van der Waals surface area contributed by atoms with Gasteiger partial charge in [-0.05, 0) is 43.9 Å². The Morgan fingerprint density at radius 3 is 2.28 bits per heavy atom. The first-order chi connectivity index (χ1) is 18.9. The van der Waals surface area contributed by atoms with Crippen molar-refractivity contribution in [2.24, 2.45) is 0 Å². The van der Waals surface area contributed by atoms with Gasteiger partial charge in [-0.3, -0.25) is 9.59 Å². The van der Waals surface area contributed by atoms with Crippen LogP contribution in [0.2, 0.25) is 0 Å². The molecule has 1 fully saturated rings. The van der Waals surface area contributed by atoms with Gasteiger partial charge in [0, 0.05) is 30.3 Å². The second kappa shape index (κ2) is 14.3. The Morgan fingerprint density at radius 2 is 1.59 bits per heavy atom. The molecule has 6 heteroatoms. The second-order valence-corrected chi connectivity index (χ2v) is 11.6. The summed E-state index contributed by atoms with van der Waals surface area (Å²) in [5.74, 6) is 0.217. The molecule has 1 saturated carbocycles. The average Bonchev–Trinajstić information content (AvgIpc) is 2.92. The molecule has 3 aromatic carbocycles. The maximum absolute atomic E-state index is 14.8. The third-order valence-electron chi connectivity index (χ3n) is 7.30. The van der Waals surface area contributed by atoms with Crippen LogP contribution in [0.1, 0.15) is 59.9 Å². The lowest BCUT2D eigenvalue weighted by atomic mass is 9.94. The predicted octanol–water partition coefficient (Wildman–Crippen LogP) is 6.76. The van der Waals surface area contributed by atoms with E-state index in [1.165, 1.54) is 40.9 Å². The van der Waals surface area contributed by atoms with E-state index in [0.717, 1.165) is 31.2 Å². The number of rotatable bonds is 11. The minimum Gasteiger partial charge on any atom is -0.352 e. The number of benzene rings is 3. The van der Waals surface area contributed by atoms with Crippen molar-refractivity contribution in [1.82, 2.24) is 10.2 Å². The Kier molecular flexibility index (Phi) is 10.6. The summed E-state index contributed by atoms with van der Waals surface area (Å²) in [6.07, 6.45) is 5.67. The van der Waals surface area contributed by atoms with Crippen LogP contribution in [0.15, 0.2) is 72.8 Å². The molecule has 0 saturated heterocycles. The zero-order chi connectivity index (χ0) is 27.6. The van der Waals surface area contributed by atoms with Crippen LogP contribution in [0.25, 0.3) is 0 Å². The maximum atomic E-state index is 14.8. The van der Waals surface area contributed by atoms with Crippen LogP contribution in [0.4, 0.5) is 4.39 Å². The Morgan fingerprint density at radius 1 is 0.923 bits per heavy atom. The molecule has 1 atom stereocenters. The number of halogens is 1. The quantitative estimate of drug-likeness (QED) is 0.289. The van der Waals surface area contributed by atoms with E-state index in [1.807, 2.05) is 30.3 Å². The van der Waals surface area contributed by atoms with Gasteiger partial charge in [0.25, 0.3) is 0 Å². The highest BCUT2D eigenvalue weighted by Crippen LogP contribution is 2.22. The van der Waals surface area contributed by atoms with Crippen molar-refractivity contribution in [2.45, 2.75) is 76.8 Å². The Labute approximate surface area is 236 Å². The molecule has 39 heavy (non-hydrogen) atoms. The highest BCUT2D eigenvalue weighted by atomic mass is 32.2. The Hall–Kier alpha value is -3.12. The molecule has 1 aliphatic rings. The number of nitrogens with zero attached hydrogens (tertiary/aromatic N) is 1. The summed E-state index contributed by atoms with van der Waals surface area (Å²) < 4.78 is 14.8. The van der Waals surface area contributed by atoms with Gasteiger partial charge < -0.3 is 10.2 Å². The van der Waals surface area contributed by atoms with Crippen molar-refractivity contribution >= 4 is 23.6 Å². The van der Waals surface area contributed by atoms with Gasteiger partial charge in [-0.15, -0.1) is 11.8 Å². The number of nitrogens with one attached hydrogen (secondary N) is 1. The van der Waals surface area contributed by atoms with E-state index in [2.05, 4.69) is 37.4 Å². The van der Waals surface area contributed by atoms with Gasteiger partial charge in [-0.1, -0.05) is 97.1 Å². The van der Waals surface area contributed by atoms with Gasteiger partial charge in [0.05, 0.1) is 5.75 Å². The zero-order valence-electron chi connectivity index (χ0n) is 23.0. The van der Waals surface area contributed by atoms with Gasteiger partial charge in [-0.2, -0.15) is 0 Å². The largest absolute Gasteiger partial charge is 0.352 e. The predicted molar refractivity (Wildman–Crippen MR) is 158 cm³/mol. The van der Waals surface area contributed by atoms with Crippen LogP contribution in [0, 0.1) is 19.7 Å². The minimum absolute atomic E-state index is 0.0468.